The minimum absolute atomic E-state index is 0.000593. The van der Waals surface area contributed by atoms with E-state index >= 15 is 0 Å². The fourth-order valence-electron chi connectivity index (χ4n) is 3.24. The normalized spacial score (nSPS) is 20.5. The van der Waals surface area contributed by atoms with E-state index in [4.69, 9.17) is 9.47 Å². The zero-order valence-corrected chi connectivity index (χ0v) is 14.3. The van der Waals surface area contributed by atoms with Gasteiger partial charge in [0.25, 0.3) is 0 Å². The second-order valence-corrected chi connectivity index (χ2v) is 6.35. The summed E-state index contributed by atoms with van der Waals surface area (Å²) in [7, 11) is 1.26. The summed E-state index contributed by atoms with van der Waals surface area (Å²) in [6, 6.07) is 7.14. The minimum Gasteiger partial charge on any atom is -0.494 e. The molecule has 1 heterocycles. The fourth-order valence-corrected chi connectivity index (χ4v) is 3.24. The maximum atomic E-state index is 14.6. The lowest BCUT2D eigenvalue weighted by Crippen LogP contribution is -2.20. The van der Waals surface area contributed by atoms with E-state index in [0.717, 1.165) is 19.3 Å². The number of hydrogen-bond acceptors (Lipinski definition) is 2. The Morgan fingerprint density at radius 3 is 2.48 bits per heavy atom. The molecular formula is C20H21F3O2. The van der Waals surface area contributed by atoms with Gasteiger partial charge in [0.2, 0.25) is 5.82 Å². The molecule has 5 heteroatoms. The van der Waals surface area contributed by atoms with Crippen LogP contribution in [0.25, 0.3) is 11.1 Å². The molecule has 0 saturated carbocycles. The number of rotatable bonds is 4. The number of benzene rings is 2. The highest BCUT2D eigenvalue weighted by Crippen LogP contribution is 2.35. The van der Waals surface area contributed by atoms with Crippen LogP contribution in [0.15, 0.2) is 30.3 Å². The van der Waals surface area contributed by atoms with Crippen molar-refractivity contribution in [2.24, 2.45) is 5.92 Å². The van der Waals surface area contributed by atoms with Crippen molar-refractivity contribution in [3.8, 4) is 16.9 Å². The first-order valence-corrected chi connectivity index (χ1v) is 8.48. The molecule has 0 bridgehead atoms. The third-order valence-corrected chi connectivity index (χ3v) is 4.87. The van der Waals surface area contributed by atoms with Crippen LogP contribution in [0.4, 0.5) is 13.2 Å². The van der Waals surface area contributed by atoms with Crippen molar-refractivity contribution in [1.82, 2.24) is 0 Å². The predicted molar refractivity (Wildman–Crippen MR) is 90.0 cm³/mol. The van der Waals surface area contributed by atoms with Crippen molar-refractivity contribution in [3.05, 3.63) is 53.3 Å². The summed E-state index contributed by atoms with van der Waals surface area (Å²) >= 11 is 0. The molecule has 0 aliphatic carbocycles. The zero-order chi connectivity index (χ0) is 18.0. The Bertz CT molecular complexity index is 753. The maximum absolute atomic E-state index is 14.6. The van der Waals surface area contributed by atoms with Crippen LogP contribution in [-0.2, 0) is 4.74 Å². The van der Waals surface area contributed by atoms with Gasteiger partial charge in [0.05, 0.1) is 19.8 Å². The topological polar surface area (TPSA) is 18.5 Å². The predicted octanol–water partition coefficient (Wildman–Crippen LogP) is 5.66. The van der Waals surface area contributed by atoms with Crippen LogP contribution < -0.4 is 4.74 Å². The van der Waals surface area contributed by atoms with Gasteiger partial charge in [-0.15, -0.1) is 0 Å². The number of hydrogen-bond donors (Lipinski definition) is 0. The Labute approximate surface area is 145 Å². The van der Waals surface area contributed by atoms with Crippen molar-refractivity contribution < 1.29 is 22.6 Å². The van der Waals surface area contributed by atoms with Crippen LogP contribution in [0.2, 0.25) is 0 Å². The zero-order valence-electron chi connectivity index (χ0n) is 14.3. The largest absolute Gasteiger partial charge is 0.494 e. The van der Waals surface area contributed by atoms with Crippen LogP contribution in [0.1, 0.15) is 37.9 Å². The van der Waals surface area contributed by atoms with Crippen molar-refractivity contribution >= 4 is 0 Å². The molecule has 134 valence electrons. The smallest absolute Gasteiger partial charge is 0.201 e. The second kappa shape index (κ2) is 7.48. The first-order valence-electron chi connectivity index (χ1n) is 8.48. The Morgan fingerprint density at radius 1 is 1.08 bits per heavy atom. The highest BCUT2D eigenvalue weighted by Gasteiger charge is 2.25. The van der Waals surface area contributed by atoms with Gasteiger partial charge in [0, 0.05) is 11.1 Å². The number of halogens is 3. The molecule has 0 N–H and O–H groups in total. The molecule has 0 radical (unpaired) electrons. The first-order chi connectivity index (χ1) is 12.0. The van der Waals surface area contributed by atoms with E-state index in [2.05, 4.69) is 6.92 Å². The quantitative estimate of drug-likeness (QED) is 0.709. The summed E-state index contributed by atoms with van der Waals surface area (Å²) in [6.45, 7) is 2.74. The summed E-state index contributed by atoms with van der Waals surface area (Å²) in [5.74, 6) is -2.25. The van der Waals surface area contributed by atoms with Gasteiger partial charge >= 0.3 is 0 Å². The molecule has 2 aromatic rings. The lowest BCUT2D eigenvalue weighted by Gasteiger charge is -2.29. The van der Waals surface area contributed by atoms with E-state index in [1.165, 1.54) is 25.3 Å². The first kappa shape index (κ1) is 17.8. The molecule has 1 saturated heterocycles. The number of methoxy groups -OCH3 is 1. The lowest BCUT2D eigenvalue weighted by molar-refractivity contribution is -0.0198. The van der Waals surface area contributed by atoms with Gasteiger partial charge in [-0.3, -0.25) is 0 Å². The van der Waals surface area contributed by atoms with E-state index in [0.29, 0.717) is 18.1 Å². The van der Waals surface area contributed by atoms with Gasteiger partial charge in [0.1, 0.15) is 5.82 Å². The Kier molecular flexibility index (Phi) is 5.33. The molecular weight excluding hydrogens is 329 g/mol. The molecule has 2 atom stereocenters. The van der Waals surface area contributed by atoms with E-state index in [9.17, 15) is 13.2 Å². The molecule has 1 aliphatic rings. The van der Waals surface area contributed by atoms with Gasteiger partial charge in [0.15, 0.2) is 11.6 Å². The van der Waals surface area contributed by atoms with Gasteiger partial charge in [-0.25, -0.2) is 8.78 Å². The van der Waals surface area contributed by atoms with E-state index in [1.54, 1.807) is 12.1 Å². The summed E-state index contributed by atoms with van der Waals surface area (Å²) in [5, 5.41) is 0. The lowest BCUT2D eigenvalue weighted by atomic mass is 9.92. The van der Waals surface area contributed by atoms with Crippen LogP contribution >= 0.6 is 0 Å². The highest BCUT2D eigenvalue weighted by atomic mass is 19.2. The number of ether oxygens (including phenoxy) is 2. The molecule has 25 heavy (non-hydrogen) atoms. The van der Waals surface area contributed by atoms with Gasteiger partial charge in [-0.05, 0) is 42.5 Å². The molecule has 3 rings (SSSR count). The average molecular weight is 350 g/mol. The molecule has 1 aliphatic heterocycles. The summed E-state index contributed by atoms with van der Waals surface area (Å²) in [4.78, 5) is 0. The SMILES string of the molecule is CCC1CCC(c2ccc(-c3ccc(OC)c(F)c3F)cc2F)OC1. The minimum atomic E-state index is -1.08. The van der Waals surface area contributed by atoms with Gasteiger partial charge in [-0.1, -0.05) is 25.5 Å². The van der Waals surface area contributed by atoms with Crippen LogP contribution in [0.5, 0.6) is 5.75 Å². The van der Waals surface area contributed by atoms with Gasteiger partial charge in [-0.2, -0.15) is 4.39 Å². The summed E-state index contributed by atoms with van der Waals surface area (Å²) < 4.78 is 53.2. The van der Waals surface area contributed by atoms with E-state index < -0.39 is 17.5 Å². The average Bonchev–Trinajstić information content (AvgIpc) is 2.64. The van der Waals surface area contributed by atoms with Crippen molar-refractivity contribution in [3.63, 3.8) is 0 Å². The molecule has 0 spiro atoms. The third kappa shape index (κ3) is 3.52. The molecule has 2 aromatic carbocycles. The highest BCUT2D eigenvalue weighted by molar-refractivity contribution is 5.66. The fraction of sp³-hybridized carbons (Fsp3) is 0.400. The van der Waals surface area contributed by atoms with E-state index in [-0.39, 0.29) is 23.0 Å². The maximum Gasteiger partial charge on any atom is 0.201 e. The third-order valence-electron chi connectivity index (χ3n) is 4.87. The van der Waals surface area contributed by atoms with Crippen molar-refractivity contribution in [2.45, 2.75) is 32.3 Å². The second-order valence-electron chi connectivity index (χ2n) is 6.35. The van der Waals surface area contributed by atoms with Crippen LogP contribution in [0.3, 0.4) is 0 Å². The molecule has 2 unspecified atom stereocenters. The molecule has 2 nitrogen and oxygen atoms in total. The summed E-state index contributed by atoms with van der Waals surface area (Å²) in [5.41, 5.74) is 0.745. The van der Waals surface area contributed by atoms with Crippen LogP contribution in [-0.4, -0.2) is 13.7 Å². The van der Waals surface area contributed by atoms with Crippen molar-refractivity contribution in [2.75, 3.05) is 13.7 Å². The Balaban J connectivity index is 1.87. The monoisotopic (exact) mass is 350 g/mol. The van der Waals surface area contributed by atoms with Crippen LogP contribution in [0, 0.1) is 23.4 Å². The van der Waals surface area contributed by atoms with E-state index in [1.807, 2.05) is 0 Å². The van der Waals surface area contributed by atoms with Gasteiger partial charge < -0.3 is 9.47 Å². The van der Waals surface area contributed by atoms with Crippen molar-refractivity contribution in [1.29, 1.82) is 0 Å². The Hall–Kier alpha value is -2.01. The molecule has 0 amide bonds. The molecule has 0 aromatic heterocycles. The standard InChI is InChI=1S/C20H21F3O2/c1-3-12-4-8-17(25-11-12)15-6-5-13(10-16(15)21)14-7-9-18(24-2)20(23)19(14)22/h5-7,9-10,12,17H,3-4,8,11H2,1-2H3. The summed E-state index contributed by atoms with van der Waals surface area (Å²) in [6.07, 6.45) is 2.53. The Morgan fingerprint density at radius 2 is 1.88 bits per heavy atom. The molecule has 1 fully saturated rings.